The molecule has 1 aromatic rings. The zero-order chi connectivity index (χ0) is 13.2. The van der Waals surface area contributed by atoms with E-state index in [-0.39, 0.29) is 5.92 Å². The first-order chi connectivity index (χ1) is 9.29. The Kier molecular flexibility index (Phi) is 3.89. The third-order valence-corrected chi connectivity index (χ3v) is 4.59. The number of hydrogen-bond donors (Lipinski definition) is 0. The lowest BCUT2D eigenvalue weighted by Crippen LogP contribution is -2.51. The van der Waals surface area contributed by atoms with Crippen LogP contribution < -0.4 is 0 Å². The van der Waals surface area contributed by atoms with Crippen LogP contribution in [0.4, 0.5) is 0 Å². The molecule has 1 aliphatic heterocycles. The van der Waals surface area contributed by atoms with Gasteiger partial charge in [-0.1, -0.05) is 40.2 Å². The van der Waals surface area contributed by atoms with E-state index in [9.17, 15) is 4.79 Å². The lowest BCUT2D eigenvalue weighted by Gasteiger charge is -2.39. The minimum Gasteiger partial charge on any atom is -0.340 e. The van der Waals surface area contributed by atoms with Gasteiger partial charge in [0.05, 0.1) is 5.92 Å². The zero-order valence-corrected chi connectivity index (χ0v) is 12.6. The van der Waals surface area contributed by atoms with E-state index in [1.807, 2.05) is 11.0 Å². The SMILES string of the molecule is O=C(C1Cc2ccccc21)N1CCN(CCBr)CC1. The van der Waals surface area contributed by atoms with Crippen LogP contribution >= 0.6 is 15.9 Å². The van der Waals surface area contributed by atoms with Gasteiger partial charge in [-0.15, -0.1) is 0 Å². The molecule has 0 N–H and O–H groups in total. The lowest BCUT2D eigenvalue weighted by atomic mass is 9.77. The van der Waals surface area contributed by atoms with Crippen molar-refractivity contribution >= 4 is 21.8 Å². The van der Waals surface area contributed by atoms with Gasteiger partial charge in [-0.3, -0.25) is 9.69 Å². The summed E-state index contributed by atoms with van der Waals surface area (Å²) >= 11 is 3.47. The normalized spacial score (nSPS) is 22.8. The van der Waals surface area contributed by atoms with E-state index in [1.54, 1.807) is 0 Å². The lowest BCUT2D eigenvalue weighted by molar-refractivity contribution is -0.135. The Morgan fingerprint density at radius 2 is 1.95 bits per heavy atom. The van der Waals surface area contributed by atoms with Gasteiger partial charge in [0, 0.05) is 38.1 Å². The summed E-state index contributed by atoms with van der Waals surface area (Å²) in [6, 6.07) is 8.32. The fraction of sp³-hybridized carbons (Fsp3) is 0.533. The predicted octanol–water partition coefficient (Wildman–Crippen LogP) is 1.87. The van der Waals surface area contributed by atoms with Crippen molar-refractivity contribution in [1.29, 1.82) is 0 Å². The van der Waals surface area contributed by atoms with E-state index in [0.717, 1.165) is 44.5 Å². The first-order valence-corrected chi connectivity index (χ1v) is 8.06. The van der Waals surface area contributed by atoms with Crippen LogP contribution in [0.2, 0.25) is 0 Å². The van der Waals surface area contributed by atoms with E-state index in [4.69, 9.17) is 0 Å². The summed E-state index contributed by atoms with van der Waals surface area (Å²) in [7, 11) is 0. The summed E-state index contributed by atoms with van der Waals surface area (Å²) < 4.78 is 0. The number of halogens is 1. The quantitative estimate of drug-likeness (QED) is 0.793. The molecule has 102 valence electrons. The highest BCUT2D eigenvalue weighted by Gasteiger charge is 2.35. The second kappa shape index (κ2) is 5.63. The van der Waals surface area contributed by atoms with Crippen LogP contribution in [-0.4, -0.2) is 53.8 Å². The summed E-state index contributed by atoms with van der Waals surface area (Å²) in [5.41, 5.74) is 2.59. The monoisotopic (exact) mass is 322 g/mol. The van der Waals surface area contributed by atoms with E-state index in [0.29, 0.717) is 5.91 Å². The first kappa shape index (κ1) is 13.1. The number of carbonyl (C=O) groups excluding carboxylic acids is 1. The maximum Gasteiger partial charge on any atom is 0.230 e. The van der Waals surface area contributed by atoms with Gasteiger partial charge in [0.1, 0.15) is 0 Å². The molecule has 1 aliphatic carbocycles. The summed E-state index contributed by atoms with van der Waals surface area (Å²) in [4.78, 5) is 17.0. The summed E-state index contributed by atoms with van der Waals surface area (Å²) in [5, 5.41) is 1.01. The molecular formula is C15H19BrN2O. The Morgan fingerprint density at radius 1 is 1.21 bits per heavy atom. The van der Waals surface area contributed by atoms with E-state index >= 15 is 0 Å². The zero-order valence-electron chi connectivity index (χ0n) is 11.0. The molecule has 1 unspecified atom stereocenters. The third kappa shape index (κ3) is 2.56. The molecule has 2 aliphatic rings. The Bertz CT molecular complexity index is 469. The topological polar surface area (TPSA) is 23.6 Å². The number of benzene rings is 1. The van der Waals surface area contributed by atoms with E-state index < -0.39 is 0 Å². The number of nitrogens with zero attached hydrogens (tertiary/aromatic N) is 2. The summed E-state index contributed by atoms with van der Waals surface area (Å²) in [6.07, 6.45) is 0.927. The molecule has 1 amide bonds. The van der Waals surface area contributed by atoms with Crippen molar-refractivity contribution in [3.05, 3.63) is 35.4 Å². The fourth-order valence-corrected chi connectivity index (χ4v) is 3.51. The highest BCUT2D eigenvalue weighted by atomic mass is 79.9. The minimum atomic E-state index is 0.124. The Balaban J connectivity index is 1.59. The number of amides is 1. The Labute approximate surface area is 122 Å². The molecule has 1 aromatic carbocycles. The van der Waals surface area contributed by atoms with Crippen LogP contribution in [0.15, 0.2) is 24.3 Å². The molecule has 3 nitrogen and oxygen atoms in total. The molecule has 1 saturated heterocycles. The molecule has 0 bridgehead atoms. The molecule has 0 aromatic heterocycles. The smallest absolute Gasteiger partial charge is 0.230 e. The highest BCUT2D eigenvalue weighted by molar-refractivity contribution is 9.09. The Hall–Kier alpha value is -0.870. The van der Waals surface area contributed by atoms with Gasteiger partial charge in [-0.25, -0.2) is 0 Å². The van der Waals surface area contributed by atoms with Crippen molar-refractivity contribution in [2.24, 2.45) is 0 Å². The third-order valence-electron chi connectivity index (χ3n) is 4.24. The maximum atomic E-state index is 12.5. The van der Waals surface area contributed by atoms with Crippen LogP contribution in [0.5, 0.6) is 0 Å². The molecule has 0 radical (unpaired) electrons. The fourth-order valence-electron chi connectivity index (χ4n) is 3.01. The molecule has 4 heteroatoms. The molecule has 3 rings (SSSR count). The molecule has 19 heavy (non-hydrogen) atoms. The van der Waals surface area contributed by atoms with Crippen molar-refractivity contribution in [2.45, 2.75) is 12.3 Å². The van der Waals surface area contributed by atoms with Crippen molar-refractivity contribution in [1.82, 2.24) is 9.80 Å². The van der Waals surface area contributed by atoms with Crippen LogP contribution in [0, 0.1) is 0 Å². The number of fused-ring (bicyclic) bond motifs is 1. The van der Waals surface area contributed by atoms with Crippen molar-refractivity contribution in [3.63, 3.8) is 0 Å². The number of carbonyl (C=O) groups is 1. The summed E-state index contributed by atoms with van der Waals surface area (Å²) in [6.45, 7) is 4.85. The van der Waals surface area contributed by atoms with Crippen molar-refractivity contribution in [3.8, 4) is 0 Å². The summed E-state index contributed by atoms with van der Waals surface area (Å²) in [5.74, 6) is 0.455. The molecule has 0 saturated carbocycles. The van der Waals surface area contributed by atoms with Crippen LogP contribution in [0.3, 0.4) is 0 Å². The first-order valence-electron chi connectivity index (χ1n) is 6.94. The van der Waals surface area contributed by atoms with Gasteiger partial charge in [0.25, 0.3) is 0 Å². The second-order valence-electron chi connectivity index (χ2n) is 5.31. The minimum absolute atomic E-state index is 0.124. The van der Waals surface area contributed by atoms with Gasteiger partial charge in [0.15, 0.2) is 0 Å². The average molecular weight is 323 g/mol. The molecular weight excluding hydrogens is 304 g/mol. The largest absolute Gasteiger partial charge is 0.340 e. The Morgan fingerprint density at radius 3 is 2.63 bits per heavy atom. The van der Waals surface area contributed by atoms with E-state index in [2.05, 4.69) is 39.0 Å². The van der Waals surface area contributed by atoms with Crippen LogP contribution in [0.25, 0.3) is 0 Å². The van der Waals surface area contributed by atoms with Crippen molar-refractivity contribution in [2.75, 3.05) is 38.1 Å². The van der Waals surface area contributed by atoms with Gasteiger partial charge >= 0.3 is 0 Å². The van der Waals surface area contributed by atoms with Gasteiger partial charge in [-0.05, 0) is 17.5 Å². The van der Waals surface area contributed by atoms with Crippen molar-refractivity contribution < 1.29 is 4.79 Å². The molecule has 1 fully saturated rings. The second-order valence-corrected chi connectivity index (χ2v) is 6.10. The average Bonchev–Trinajstić information content (AvgIpc) is 2.41. The maximum absolute atomic E-state index is 12.5. The number of piperazine rings is 1. The van der Waals surface area contributed by atoms with Crippen LogP contribution in [0.1, 0.15) is 17.0 Å². The van der Waals surface area contributed by atoms with Gasteiger partial charge in [0.2, 0.25) is 5.91 Å². The van der Waals surface area contributed by atoms with E-state index in [1.165, 1.54) is 11.1 Å². The molecule has 0 spiro atoms. The standard InChI is InChI=1S/C15H19BrN2O/c16-5-6-17-7-9-18(10-8-17)15(19)14-11-12-3-1-2-4-13(12)14/h1-4,14H,5-11H2. The van der Waals surface area contributed by atoms with Gasteiger partial charge < -0.3 is 4.90 Å². The number of alkyl halides is 1. The molecule has 1 atom stereocenters. The predicted molar refractivity (Wildman–Crippen MR) is 79.7 cm³/mol. The number of rotatable bonds is 3. The highest BCUT2D eigenvalue weighted by Crippen LogP contribution is 2.36. The number of hydrogen-bond acceptors (Lipinski definition) is 2. The van der Waals surface area contributed by atoms with Crippen LogP contribution in [-0.2, 0) is 11.2 Å². The molecule has 1 heterocycles. The van der Waals surface area contributed by atoms with Gasteiger partial charge in [-0.2, -0.15) is 0 Å².